The van der Waals surface area contributed by atoms with Crippen molar-refractivity contribution in [2.24, 2.45) is 5.84 Å². The molecule has 15 heteroatoms. The van der Waals surface area contributed by atoms with Gasteiger partial charge in [-0.3, -0.25) is 19.8 Å². The summed E-state index contributed by atoms with van der Waals surface area (Å²) < 4.78 is 13.3. The van der Waals surface area contributed by atoms with E-state index in [0.29, 0.717) is 43.7 Å². The minimum Gasteiger partial charge on any atom is -0.480 e. The highest BCUT2D eigenvalue weighted by Gasteiger charge is 2.19. The molecule has 1 atom stereocenters. The molecule has 0 fully saturated rings. The summed E-state index contributed by atoms with van der Waals surface area (Å²) in [7, 11) is 0. The summed E-state index contributed by atoms with van der Waals surface area (Å²) in [6.45, 7) is 0.630. The molecule has 14 nitrogen and oxygen atoms in total. The Bertz CT molecular complexity index is 867. The minimum absolute atomic E-state index is 0.0172. The number of nitrogens with two attached hydrogens (primary N) is 1. The van der Waals surface area contributed by atoms with Gasteiger partial charge in [-0.15, -0.1) is 0 Å². The van der Waals surface area contributed by atoms with E-state index < -0.39 is 17.9 Å². The zero-order valence-electron chi connectivity index (χ0n) is 28.1. The fourth-order valence-electron chi connectivity index (χ4n) is 4.56. The molecule has 0 aliphatic heterocycles. The smallest absolute Gasteiger partial charge is 0.326 e. The number of unbranched alkanes of at least 4 members (excludes halogenated alkanes) is 12. The highest BCUT2D eigenvalue weighted by molar-refractivity contribution is 7.97. The third-order valence-corrected chi connectivity index (χ3v) is 8.09. The van der Waals surface area contributed by atoms with E-state index in [1.54, 1.807) is 0 Å². The van der Waals surface area contributed by atoms with Crippen LogP contribution in [0.1, 0.15) is 122 Å². The van der Waals surface area contributed by atoms with Crippen molar-refractivity contribution in [3.05, 3.63) is 0 Å². The Balaban J connectivity index is 3.44. The highest BCUT2D eigenvalue weighted by Crippen LogP contribution is 2.13. The number of carboxylic acid groups (broad SMARTS) is 1. The number of carbonyl (C=O) groups is 5. The van der Waals surface area contributed by atoms with Crippen molar-refractivity contribution in [3.8, 4) is 0 Å². The van der Waals surface area contributed by atoms with Crippen molar-refractivity contribution >= 4 is 47.8 Å². The Morgan fingerprint density at radius 3 is 1.87 bits per heavy atom. The number of carboxylic acids is 1. The lowest BCUT2D eigenvalue weighted by Gasteiger charge is -2.13. The third kappa shape index (κ3) is 31.6. The van der Waals surface area contributed by atoms with Gasteiger partial charge >= 0.3 is 5.97 Å². The van der Waals surface area contributed by atoms with E-state index in [-0.39, 0.29) is 51.1 Å². The number of carbonyl (C=O) groups excluding carboxylic acids is 4. The number of ether oxygens (including phenoxy) is 2. The fourth-order valence-corrected chi connectivity index (χ4v) is 5.21. The van der Waals surface area contributed by atoms with Crippen molar-refractivity contribution in [1.29, 1.82) is 5.41 Å². The van der Waals surface area contributed by atoms with Gasteiger partial charge in [-0.2, -0.15) is 0 Å². The minimum atomic E-state index is -1.21. The molecule has 1 unspecified atom stereocenters. The third-order valence-electron chi connectivity index (χ3n) is 7.22. The molecule has 0 aromatic rings. The average molecular weight is 689 g/mol. The van der Waals surface area contributed by atoms with Crippen molar-refractivity contribution in [3.63, 3.8) is 0 Å². The van der Waals surface area contributed by atoms with Gasteiger partial charge in [0.2, 0.25) is 17.7 Å². The van der Waals surface area contributed by atoms with Gasteiger partial charge in [-0.25, -0.2) is 10.6 Å². The van der Waals surface area contributed by atoms with Gasteiger partial charge in [0.05, 0.1) is 19.8 Å². The quantitative estimate of drug-likeness (QED) is 0.00986. The number of hydrogen-bond donors (Lipinski definition) is 7. The first kappa shape index (κ1) is 44.2. The molecule has 0 saturated heterocycles. The molecule has 0 bridgehead atoms. The highest BCUT2D eigenvalue weighted by atomic mass is 32.2. The van der Waals surface area contributed by atoms with Crippen molar-refractivity contribution in [1.82, 2.24) is 20.8 Å². The topological polar surface area (TPSA) is 222 Å². The van der Waals surface area contributed by atoms with Crippen molar-refractivity contribution in [2.45, 2.75) is 128 Å². The van der Waals surface area contributed by atoms with Gasteiger partial charge in [-0.1, -0.05) is 82.6 Å². The van der Waals surface area contributed by atoms with Gasteiger partial charge in [0, 0.05) is 38.0 Å². The molecule has 3 amide bonds. The summed E-state index contributed by atoms with van der Waals surface area (Å²) in [6.07, 6.45) is 18.4. The summed E-state index contributed by atoms with van der Waals surface area (Å²) in [5.74, 6) is 4.40. The largest absolute Gasteiger partial charge is 0.480 e. The van der Waals surface area contributed by atoms with E-state index in [1.807, 2.05) is 0 Å². The number of aliphatic carboxylic acids is 1. The second-order valence-corrected chi connectivity index (χ2v) is 12.3. The van der Waals surface area contributed by atoms with Gasteiger partial charge in [0.25, 0.3) is 0 Å². The summed E-state index contributed by atoms with van der Waals surface area (Å²) in [5, 5.41) is 21.5. The van der Waals surface area contributed by atoms with E-state index in [2.05, 4.69) is 20.8 Å². The normalized spacial score (nSPS) is 11.4. The van der Waals surface area contributed by atoms with Crippen LogP contribution in [0.2, 0.25) is 0 Å². The van der Waals surface area contributed by atoms with E-state index in [9.17, 15) is 24.0 Å². The molecule has 272 valence electrons. The van der Waals surface area contributed by atoms with E-state index in [0.717, 1.165) is 25.7 Å². The Kier molecular flexibility index (Phi) is 31.2. The molecule has 0 rings (SSSR count). The van der Waals surface area contributed by atoms with Crippen molar-refractivity contribution in [2.75, 3.05) is 38.7 Å². The SMILES string of the molecule is N=C(CCCCCCCCCCCCCCCC(=O)NSCCCC(=O)NCCOCCOCC(=O)NC(CCC=O)C(=O)O)NN. The first-order valence-electron chi connectivity index (χ1n) is 17.1. The lowest BCUT2D eigenvalue weighted by molar-refractivity contribution is -0.142. The lowest BCUT2D eigenvalue weighted by atomic mass is 10.0. The molecule has 0 aliphatic carbocycles. The number of hydrogen-bond acceptors (Lipinski definition) is 10. The molecule has 0 saturated carbocycles. The average Bonchev–Trinajstić information content (AvgIpc) is 3.05. The zero-order valence-corrected chi connectivity index (χ0v) is 28.9. The van der Waals surface area contributed by atoms with Gasteiger partial charge in [0.15, 0.2) is 0 Å². The maximum absolute atomic E-state index is 12.0. The van der Waals surface area contributed by atoms with Crippen LogP contribution in [0.4, 0.5) is 0 Å². The van der Waals surface area contributed by atoms with Crippen LogP contribution in [0, 0.1) is 5.41 Å². The number of rotatable bonds is 34. The second-order valence-electron chi connectivity index (χ2n) is 11.4. The monoisotopic (exact) mass is 688 g/mol. The Morgan fingerprint density at radius 1 is 0.745 bits per heavy atom. The number of aldehydes is 1. The summed E-state index contributed by atoms with van der Waals surface area (Å²) >= 11 is 1.34. The molecule has 47 heavy (non-hydrogen) atoms. The molecule has 0 spiro atoms. The lowest BCUT2D eigenvalue weighted by Crippen LogP contribution is -2.42. The molecule has 8 N–H and O–H groups in total. The van der Waals surface area contributed by atoms with E-state index >= 15 is 0 Å². The van der Waals surface area contributed by atoms with Crippen LogP contribution in [-0.4, -0.2) is 85.7 Å². The van der Waals surface area contributed by atoms with E-state index in [4.69, 9.17) is 25.8 Å². The standard InChI is InChI=1S/C32H60N6O8S/c33-28(37-34)17-12-10-8-6-4-2-1-3-5-7-9-11-13-18-30(41)38-47-25-15-19-29(40)35-20-22-45-23-24-46-26-31(42)36-27(32(43)44)16-14-21-39/h21,27H,1-20,22-26,34H2,(H2,33,37)(H,35,40)(H,36,42)(H,38,41)(H,43,44). The first-order valence-corrected chi connectivity index (χ1v) is 18.1. The van der Waals surface area contributed by atoms with Gasteiger partial charge in [-0.05, 0) is 25.7 Å². The van der Waals surface area contributed by atoms with Crippen LogP contribution >= 0.6 is 11.9 Å². The summed E-state index contributed by atoms with van der Waals surface area (Å²) in [5.41, 5.74) is 2.38. The van der Waals surface area contributed by atoms with Crippen LogP contribution in [0.15, 0.2) is 0 Å². The van der Waals surface area contributed by atoms with Crippen LogP contribution in [0.3, 0.4) is 0 Å². The van der Waals surface area contributed by atoms with Gasteiger partial charge in [0.1, 0.15) is 24.8 Å². The van der Waals surface area contributed by atoms with E-state index in [1.165, 1.54) is 76.2 Å². The molecule has 0 radical (unpaired) electrons. The van der Waals surface area contributed by atoms with Crippen LogP contribution in [0.5, 0.6) is 0 Å². The number of amides is 3. The summed E-state index contributed by atoms with van der Waals surface area (Å²) in [4.78, 5) is 57.1. The van der Waals surface area contributed by atoms with Crippen LogP contribution in [-0.2, 0) is 33.4 Å². The van der Waals surface area contributed by atoms with Crippen LogP contribution < -0.4 is 26.6 Å². The Hall–Kier alpha value is -2.75. The first-order chi connectivity index (χ1) is 22.8. The van der Waals surface area contributed by atoms with Crippen molar-refractivity contribution < 1.29 is 38.6 Å². The number of nitrogens with one attached hydrogen (secondary N) is 5. The molecule has 0 aromatic heterocycles. The number of amidine groups is 1. The maximum Gasteiger partial charge on any atom is 0.326 e. The molecular formula is C32H60N6O8S. The maximum atomic E-state index is 12.0. The second kappa shape index (κ2) is 33.2. The fraction of sp³-hybridized carbons (Fsp3) is 0.812. The molecule has 0 aromatic carbocycles. The molecule has 0 aliphatic rings. The number of hydrazine groups is 1. The Morgan fingerprint density at radius 2 is 1.30 bits per heavy atom. The summed E-state index contributed by atoms with van der Waals surface area (Å²) in [6, 6.07) is -1.13. The zero-order chi connectivity index (χ0) is 34.8. The predicted molar refractivity (Wildman–Crippen MR) is 184 cm³/mol. The Labute approximate surface area is 284 Å². The molecular weight excluding hydrogens is 628 g/mol. The van der Waals surface area contributed by atoms with Crippen LogP contribution in [0.25, 0.3) is 0 Å². The van der Waals surface area contributed by atoms with Gasteiger partial charge < -0.3 is 40.2 Å². The predicted octanol–water partition coefficient (Wildman–Crippen LogP) is 3.52. The molecule has 0 heterocycles.